The lowest BCUT2D eigenvalue weighted by molar-refractivity contribution is 0.489. The largest absolute Gasteiger partial charge is 0.351 e. The van der Waals surface area contributed by atoms with Crippen LogP contribution in [0.15, 0.2) is 0 Å². The van der Waals surface area contributed by atoms with Gasteiger partial charge in [-0.3, -0.25) is 0 Å². The highest BCUT2D eigenvalue weighted by Crippen LogP contribution is 1.96. The Bertz CT molecular complexity index is 62.0. The van der Waals surface area contributed by atoms with Crippen LogP contribution in [0.3, 0.4) is 0 Å². The van der Waals surface area contributed by atoms with Gasteiger partial charge in [0.15, 0.2) is 9.28 Å². The molecule has 8 heavy (non-hydrogen) atoms. The highest BCUT2D eigenvalue weighted by Gasteiger charge is 2.12. The quantitative estimate of drug-likeness (QED) is 0.518. The SMILES string of the molecule is C[Si](C)(N)C[SiH2][SiH2][O]. The molecular formula is C3H14NOSi3. The topological polar surface area (TPSA) is 45.9 Å². The monoisotopic (exact) mass is 164 g/mol. The maximum atomic E-state index is 10.1. The van der Waals surface area contributed by atoms with E-state index in [2.05, 4.69) is 13.1 Å². The molecule has 0 bridgehead atoms. The molecule has 49 valence electrons. The van der Waals surface area contributed by atoms with Crippen LogP contribution in [0.4, 0.5) is 0 Å². The number of nitrogens with two attached hydrogens (primary N) is 1. The third kappa shape index (κ3) is 6.57. The van der Waals surface area contributed by atoms with Gasteiger partial charge in [0.05, 0.1) is 0 Å². The van der Waals surface area contributed by atoms with E-state index in [9.17, 15) is 4.80 Å². The molecule has 0 aliphatic rings. The minimum atomic E-state index is -1.28. The highest BCUT2D eigenvalue weighted by molar-refractivity contribution is 7.03. The van der Waals surface area contributed by atoms with Gasteiger partial charge in [-0.1, -0.05) is 18.8 Å². The van der Waals surface area contributed by atoms with Crippen molar-refractivity contribution in [3.63, 3.8) is 0 Å². The maximum absolute atomic E-state index is 10.1. The Kier molecular flexibility index (Phi) is 3.82. The van der Waals surface area contributed by atoms with Gasteiger partial charge < -0.3 is 10.2 Å². The second-order valence-electron chi connectivity index (χ2n) is 2.80. The van der Waals surface area contributed by atoms with E-state index in [0.717, 1.165) is 0 Å². The first-order valence-electron chi connectivity index (χ1n) is 2.93. The fraction of sp³-hybridized carbons (Fsp3) is 1.00. The average molecular weight is 164 g/mol. The molecule has 1 radical (unpaired) electrons. The van der Waals surface area contributed by atoms with E-state index in [1.807, 2.05) is 0 Å². The standard InChI is InChI=1S/C3H14NOSi3/c1-8(2,4)3-6-7-5/h3-4,6-7H2,1-2H3. The Morgan fingerprint density at radius 3 is 2.25 bits per heavy atom. The van der Waals surface area contributed by atoms with Crippen LogP contribution in [-0.4, -0.2) is 26.6 Å². The zero-order valence-corrected chi connectivity index (χ0v) is 9.44. The number of hydrogen-bond acceptors (Lipinski definition) is 1. The van der Waals surface area contributed by atoms with E-state index in [0.29, 0.717) is 0 Å². The molecule has 0 aliphatic carbocycles. The fourth-order valence-electron chi connectivity index (χ4n) is 0.528. The van der Waals surface area contributed by atoms with Gasteiger partial charge in [0.1, 0.15) is 8.24 Å². The van der Waals surface area contributed by atoms with Crippen LogP contribution in [0.1, 0.15) is 0 Å². The Morgan fingerprint density at radius 1 is 1.62 bits per heavy atom. The lowest BCUT2D eigenvalue weighted by atomic mass is 11.8. The lowest BCUT2D eigenvalue weighted by Gasteiger charge is -2.12. The third-order valence-electron chi connectivity index (χ3n) is 0.965. The summed E-state index contributed by atoms with van der Waals surface area (Å²) in [6, 6.07) is 0. The van der Waals surface area contributed by atoms with Crippen molar-refractivity contribution in [2.24, 2.45) is 5.40 Å². The van der Waals surface area contributed by atoms with Gasteiger partial charge in [-0.25, -0.2) is 0 Å². The highest BCUT2D eigenvalue weighted by atomic mass is 29.2. The van der Waals surface area contributed by atoms with Crippen LogP contribution in [0, 0.1) is 0 Å². The first-order valence-corrected chi connectivity index (χ1v) is 11.8. The van der Waals surface area contributed by atoms with Crippen molar-refractivity contribution in [2.45, 2.75) is 18.8 Å². The normalized spacial score (nSPS) is 15.0. The molecule has 0 amide bonds. The zero-order valence-electron chi connectivity index (χ0n) is 5.61. The van der Waals surface area contributed by atoms with Crippen molar-refractivity contribution in [2.75, 3.05) is 0 Å². The minimum Gasteiger partial charge on any atom is -0.351 e. The summed E-state index contributed by atoms with van der Waals surface area (Å²) in [4.78, 5) is 10.1. The Morgan fingerprint density at radius 2 is 2.12 bits per heavy atom. The Labute approximate surface area is 56.1 Å². The van der Waals surface area contributed by atoms with E-state index in [-0.39, 0.29) is 9.04 Å². The van der Waals surface area contributed by atoms with Gasteiger partial charge in [-0.15, -0.1) is 0 Å². The summed E-state index contributed by atoms with van der Waals surface area (Å²) >= 11 is 0. The molecule has 0 atom stereocenters. The maximum Gasteiger partial charge on any atom is 0.187 e. The molecular weight excluding hydrogens is 150 g/mol. The van der Waals surface area contributed by atoms with Crippen molar-refractivity contribution in [3.05, 3.63) is 0 Å². The molecule has 0 saturated carbocycles. The van der Waals surface area contributed by atoms with Crippen LogP contribution in [0.2, 0.25) is 18.8 Å². The van der Waals surface area contributed by atoms with Crippen molar-refractivity contribution in [3.8, 4) is 0 Å². The Hall–Kier alpha value is 0.571. The first-order chi connectivity index (χ1) is 3.56. The van der Waals surface area contributed by atoms with Gasteiger partial charge in [0.2, 0.25) is 0 Å². The van der Waals surface area contributed by atoms with E-state index in [1.54, 1.807) is 0 Å². The molecule has 0 aromatic carbocycles. The predicted molar refractivity (Wildman–Crippen MR) is 44.3 cm³/mol. The van der Waals surface area contributed by atoms with Gasteiger partial charge in [0.25, 0.3) is 0 Å². The third-order valence-corrected chi connectivity index (χ3v) is 11.9. The first kappa shape index (κ1) is 8.57. The van der Waals surface area contributed by atoms with E-state index >= 15 is 0 Å². The van der Waals surface area contributed by atoms with Crippen LogP contribution in [-0.2, 0) is 4.80 Å². The van der Waals surface area contributed by atoms with Gasteiger partial charge >= 0.3 is 0 Å². The smallest absolute Gasteiger partial charge is 0.187 e. The summed E-state index contributed by atoms with van der Waals surface area (Å²) in [5.74, 6) is 0. The summed E-state index contributed by atoms with van der Waals surface area (Å²) in [5.41, 5.74) is 1.17. The van der Waals surface area contributed by atoms with Crippen molar-refractivity contribution in [1.29, 1.82) is 0 Å². The predicted octanol–water partition coefficient (Wildman–Crippen LogP) is -1.29. The lowest BCUT2D eigenvalue weighted by Crippen LogP contribution is -2.40. The second kappa shape index (κ2) is 3.57. The molecule has 0 unspecified atom stereocenters. The average Bonchev–Trinajstić information content (AvgIpc) is 1.59. The molecule has 0 aromatic rings. The van der Waals surface area contributed by atoms with Crippen molar-refractivity contribution in [1.82, 2.24) is 0 Å². The summed E-state index contributed by atoms with van der Waals surface area (Å²) in [5, 5.41) is 5.78. The molecule has 0 fully saturated rings. The van der Waals surface area contributed by atoms with Gasteiger partial charge in [0, 0.05) is 9.04 Å². The Balaban J connectivity index is 3.11. The molecule has 5 heteroatoms. The van der Waals surface area contributed by atoms with Crippen LogP contribution in [0.5, 0.6) is 0 Å². The van der Waals surface area contributed by atoms with Gasteiger partial charge in [-0.05, 0) is 0 Å². The summed E-state index contributed by atoms with van der Waals surface area (Å²) < 4.78 is 0. The van der Waals surface area contributed by atoms with Crippen molar-refractivity contribution < 1.29 is 4.80 Å². The zero-order chi connectivity index (χ0) is 6.62. The van der Waals surface area contributed by atoms with Crippen LogP contribution in [0.25, 0.3) is 0 Å². The fourth-order valence-corrected chi connectivity index (χ4v) is 14.3. The minimum absolute atomic E-state index is 0.162. The van der Waals surface area contributed by atoms with Crippen molar-refractivity contribution >= 4 is 26.6 Å². The van der Waals surface area contributed by atoms with E-state index in [4.69, 9.17) is 5.40 Å². The molecule has 0 aromatic heterocycles. The second-order valence-corrected chi connectivity index (χ2v) is 13.2. The van der Waals surface area contributed by atoms with Crippen LogP contribution < -0.4 is 5.40 Å². The number of rotatable bonds is 3. The molecule has 0 spiro atoms. The molecule has 2 nitrogen and oxygen atoms in total. The summed E-state index contributed by atoms with van der Waals surface area (Å²) in [6.07, 6.45) is 0. The van der Waals surface area contributed by atoms with Gasteiger partial charge in [-0.2, -0.15) is 0 Å². The molecule has 0 aliphatic heterocycles. The molecule has 0 saturated heterocycles. The molecule has 2 N–H and O–H groups in total. The molecule has 0 rings (SSSR count). The van der Waals surface area contributed by atoms with E-state index < -0.39 is 17.5 Å². The number of hydrogen-bond donors (Lipinski definition) is 1. The summed E-state index contributed by atoms with van der Waals surface area (Å²) in [6.45, 7) is 4.26. The summed E-state index contributed by atoms with van der Waals surface area (Å²) in [7, 11) is -2.27. The molecule has 0 heterocycles. The van der Waals surface area contributed by atoms with Crippen LogP contribution >= 0.6 is 0 Å². The van der Waals surface area contributed by atoms with E-state index in [1.165, 1.54) is 5.67 Å².